The first kappa shape index (κ1) is 26.4. The van der Waals surface area contributed by atoms with Crippen molar-refractivity contribution in [3.63, 3.8) is 0 Å². The molecule has 0 aliphatic heterocycles. The number of hydrogen-bond acceptors (Lipinski definition) is 3. The molecule has 0 atom stereocenters. The van der Waals surface area contributed by atoms with Crippen LogP contribution < -0.4 is 0 Å². The lowest BCUT2D eigenvalue weighted by Crippen LogP contribution is -2.20. The highest BCUT2D eigenvalue weighted by atomic mass is 16.3. The first-order valence-electron chi connectivity index (χ1n) is 14.5. The van der Waals surface area contributed by atoms with Crippen molar-refractivity contribution in [3.05, 3.63) is 157 Å². The average Bonchev–Trinajstić information content (AvgIpc) is 3.45. The zero-order valence-corrected chi connectivity index (χ0v) is 24.1. The molecule has 0 bridgehead atoms. The molecule has 1 N–H and O–H groups in total. The Hall–Kier alpha value is -5.48. The van der Waals surface area contributed by atoms with Gasteiger partial charge in [-0.15, -0.1) is 0 Å². The van der Waals surface area contributed by atoms with Crippen LogP contribution in [-0.4, -0.2) is 19.6 Å². The van der Waals surface area contributed by atoms with Gasteiger partial charge in [0, 0.05) is 28.4 Å². The van der Waals surface area contributed by atoms with E-state index in [9.17, 15) is 5.11 Å². The quantitative estimate of drug-likeness (QED) is 0.222. The van der Waals surface area contributed by atoms with E-state index in [1.165, 1.54) is 11.1 Å². The fourth-order valence-electron chi connectivity index (χ4n) is 6.02. The Bertz CT molecular complexity index is 2050. The second kappa shape index (κ2) is 10.7. The molecule has 0 aliphatic carbocycles. The van der Waals surface area contributed by atoms with Gasteiger partial charge in [0.25, 0.3) is 0 Å². The molecule has 0 saturated carbocycles. The van der Waals surface area contributed by atoms with Gasteiger partial charge in [0.15, 0.2) is 0 Å². The number of fused-ring (bicyclic) bond motifs is 1. The molecule has 43 heavy (non-hydrogen) atoms. The SMILES string of the molecule is CC(C)(c1ccccc1)c1ccc2c(nc(-c3ccccc3O)n2-c2ccccc2)c1-c1cccc(-c2ccccn2)c1. The van der Waals surface area contributed by atoms with Crippen molar-refractivity contribution < 1.29 is 5.11 Å². The van der Waals surface area contributed by atoms with Crippen molar-refractivity contribution in [1.82, 2.24) is 14.5 Å². The third-order valence-corrected chi connectivity index (χ3v) is 8.27. The van der Waals surface area contributed by atoms with E-state index in [0.717, 1.165) is 39.1 Å². The van der Waals surface area contributed by atoms with Crippen molar-refractivity contribution in [1.29, 1.82) is 0 Å². The van der Waals surface area contributed by atoms with Crippen LogP contribution in [0.15, 0.2) is 146 Å². The molecule has 0 spiro atoms. The lowest BCUT2D eigenvalue weighted by molar-refractivity contribution is 0.477. The van der Waals surface area contributed by atoms with Crippen molar-refractivity contribution in [2.75, 3.05) is 0 Å². The Morgan fingerprint density at radius 1 is 0.651 bits per heavy atom. The minimum Gasteiger partial charge on any atom is -0.507 e. The van der Waals surface area contributed by atoms with Crippen molar-refractivity contribution in [3.8, 4) is 45.2 Å². The normalized spacial score (nSPS) is 11.6. The highest BCUT2D eigenvalue weighted by Crippen LogP contribution is 2.44. The first-order valence-corrected chi connectivity index (χ1v) is 14.5. The van der Waals surface area contributed by atoms with E-state index < -0.39 is 0 Å². The van der Waals surface area contributed by atoms with E-state index in [4.69, 9.17) is 4.98 Å². The molecule has 208 valence electrons. The molecule has 0 saturated heterocycles. The summed E-state index contributed by atoms with van der Waals surface area (Å²) in [5.74, 6) is 0.884. The Labute approximate surface area is 251 Å². The standard InChI is InChI=1S/C39H31N3O/c1-39(2,29-16-5-3-6-17-29)32-23-24-34-37(36(32)28-15-13-14-27(26-28)33-21-11-12-25-40-33)41-38(31-20-9-10-22-35(31)43)42(34)30-18-7-4-8-19-30/h3-26,43H,1-2H3. The first-order chi connectivity index (χ1) is 21.0. The molecule has 2 heterocycles. The molecule has 0 unspecified atom stereocenters. The maximum atomic E-state index is 11.0. The minimum atomic E-state index is -0.322. The smallest absolute Gasteiger partial charge is 0.149 e. The predicted molar refractivity (Wildman–Crippen MR) is 175 cm³/mol. The molecular formula is C39H31N3O. The third kappa shape index (κ3) is 4.67. The molecule has 0 radical (unpaired) electrons. The van der Waals surface area contributed by atoms with E-state index in [0.29, 0.717) is 11.4 Å². The van der Waals surface area contributed by atoms with Gasteiger partial charge < -0.3 is 5.11 Å². The molecule has 4 heteroatoms. The Morgan fingerprint density at radius 3 is 2.09 bits per heavy atom. The van der Waals surface area contributed by atoms with Crippen LogP contribution in [0.5, 0.6) is 5.75 Å². The summed E-state index contributed by atoms with van der Waals surface area (Å²) in [6.07, 6.45) is 1.83. The second-order valence-electron chi connectivity index (χ2n) is 11.3. The number of rotatable bonds is 6. The number of pyridine rings is 1. The zero-order chi connectivity index (χ0) is 29.4. The van der Waals surface area contributed by atoms with Gasteiger partial charge in [-0.3, -0.25) is 9.55 Å². The molecule has 2 aromatic heterocycles. The number of aromatic hydroxyl groups is 1. The Kier molecular flexibility index (Phi) is 6.59. The summed E-state index contributed by atoms with van der Waals surface area (Å²) in [7, 11) is 0. The summed E-state index contributed by atoms with van der Waals surface area (Å²) in [4.78, 5) is 9.98. The van der Waals surface area contributed by atoms with Crippen LogP contribution in [0.2, 0.25) is 0 Å². The molecule has 0 aliphatic rings. The maximum Gasteiger partial charge on any atom is 0.149 e. The number of benzene rings is 5. The van der Waals surface area contributed by atoms with E-state index in [1.54, 1.807) is 6.07 Å². The topological polar surface area (TPSA) is 50.9 Å². The molecular weight excluding hydrogens is 526 g/mol. The van der Waals surface area contributed by atoms with E-state index >= 15 is 0 Å². The number of imidazole rings is 1. The van der Waals surface area contributed by atoms with Gasteiger partial charge >= 0.3 is 0 Å². The molecule has 0 amide bonds. The monoisotopic (exact) mass is 557 g/mol. The predicted octanol–water partition coefficient (Wildman–Crippen LogP) is 9.45. The fraction of sp³-hybridized carbons (Fsp3) is 0.0769. The van der Waals surface area contributed by atoms with Crippen molar-refractivity contribution in [2.24, 2.45) is 0 Å². The maximum absolute atomic E-state index is 11.0. The zero-order valence-electron chi connectivity index (χ0n) is 24.1. The lowest BCUT2D eigenvalue weighted by atomic mass is 9.74. The summed E-state index contributed by atoms with van der Waals surface area (Å²) in [5, 5.41) is 11.0. The largest absolute Gasteiger partial charge is 0.507 e. The summed E-state index contributed by atoms with van der Waals surface area (Å²) in [6.45, 7) is 4.54. The van der Waals surface area contributed by atoms with E-state index in [1.807, 2.05) is 60.8 Å². The number of phenolic OH excluding ortho intramolecular Hbond substituents is 1. The third-order valence-electron chi connectivity index (χ3n) is 8.27. The number of hydrogen-bond donors (Lipinski definition) is 1. The number of para-hydroxylation sites is 2. The van der Waals surface area contributed by atoms with Crippen LogP contribution in [0, 0.1) is 0 Å². The van der Waals surface area contributed by atoms with Gasteiger partial charge in [0.05, 0.1) is 22.3 Å². The molecule has 7 rings (SSSR count). The average molecular weight is 558 g/mol. The highest BCUT2D eigenvalue weighted by molar-refractivity contribution is 5.98. The molecule has 4 nitrogen and oxygen atoms in total. The van der Waals surface area contributed by atoms with Crippen LogP contribution in [0.1, 0.15) is 25.0 Å². The summed E-state index contributed by atoms with van der Waals surface area (Å²) < 4.78 is 2.15. The van der Waals surface area contributed by atoms with Gasteiger partial charge in [-0.25, -0.2) is 4.98 Å². The van der Waals surface area contributed by atoms with Crippen LogP contribution in [0.25, 0.3) is 50.5 Å². The number of nitrogens with zero attached hydrogens (tertiary/aromatic N) is 3. The van der Waals surface area contributed by atoms with Crippen LogP contribution in [0.3, 0.4) is 0 Å². The Morgan fingerprint density at radius 2 is 1.35 bits per heavy atom. The van der Waals surface area contributed by atoms with Gasteiger partial charge in [-0.05, 0) is 65.2 Å². The van der Waals surface area contributed by atoms with Crippen molar-refractivity contribution >= 4 is 11.0 Å². The number of phenols is 1. The highest BCUT2D eigenvalue weighted by Gasteiger charge is 2.30. The minimum absolute atomic E-state index is 0.193. The van der Waals surface area contributed by atoms with Gasteiger partial charge in [0.1, 0.15) is 11.6 Å². The van der Waals surface area contributed by atoms with Crippen LogP contribution in [0.4, 0.5) is 0 Å². The van der Waals surface area contributed by atoms with E-state index in [-0.39, 0.29) is 11.2 Å². The van der Waals surface area contributed by atoms with Crippen LogP contribution >= 0.6 is 0 Å². The molecule has 7 aromatic rings. The summed E-state index contributed by atoms with van der Waals surface area (Å²) >= 11 is 0. The number of aromatic nitrogens is 3. The molecule has 0 fully saturated rings. The molecule has 5 aromatic carbocycles. The van der Waals surface area contributed by atoms with Gasteiger partial charge in [0.2, 0.25) is 0 Å². The van der Waals surface area contributed by atoms with Crippen molar-refractivity contribution in [2.45, 2.75) is 19.3 Å². The lowest BCUT2D eigenvalue weighted by Gasteiger charge is -2.29. The Balaban J connectivity index is 1.58. The second-order valence-corrected chi connectivity index (χ2v) is 11.3. The summed E-state index contributed by atoms with van der Waals surface area (Å²) in [6, 6.07) is 47.2. The van der Waals surface area contributed by atoms with Gasteiger partial charge in [-0.2, -0.15) is 0 Å². The van der Waals surface area contributed by atoms with Crippen LogP contribution in [-0.2, 0) is 5.41 Å². The summed E-state index contributed by atoms with van der Waals surface area (Å²) in [5.41, 5.74) is 9.67. The fourth-order valence-corrected chi connectivity index (χ4v) is 6.02. The van der Waals surface area contributed by atoms with E-state index in [2.05, 4.69) is 102 Å². The van der Waals surface area contributed by atoms with Gasteiger partial charge in [-0.1, -0.05) is 105 Å².